The average molecular weight is 241 g/mol. The van der Waals surface area contributed by atoms with Gasteiger partial charge in [0.05, 0.1) is 6.10 Å². The summed E-state index contributed by atoms with van der Waals surface area (Å²) in [6.07, 6.45) is 4.34. The van der Waals surface area contributed by atoms with Gasteiger partial charge in [-0.3, -0.25) is 4.79 Å². The summed E-state index contributed by atoms with van der Waals surface area (Å²) in [5, 5.41) is 8.48. The van der Waals surface area contributed by atoms with Crippen LogP contribution in [0.25, 0.3) is 0 Å². The zero-order chi connectivity index (χ0) is 12.7. The van der Waals surface area contributed by atoms with Crippen LogP contribution < -0.4 is 0 Å². The molecule has 0 aliphatic carbocycles. The third-order valence-corrected chi connectivity index (χ3v) is 2.80. The minimum atomic E-state index is -0.950. The molecule has 1 aliphatic rings. The second-order valence-electron chi connectivity index (χ2n) is 4.11. The molecule has 0 aromatic heterocycles. The zero-order valence-electron chi connectivity index (χ0n) is 9.93. The van der Waals surface area contributed by atoms with E-state index in [4.69, 9.17) is 9.84 Å². The van der Waals surface area contributed by atoms with E-state index in [1.807, 2.05) is 4.90 Å². The summed E-state index contributed by atoms with van der Waals surface area (Å²) in [4.78, 5) is 23.8. The number of hydrogen-bond donors (Lipinski definition) is 1. The molecular formula is C12H19NO4. The summed E-state index contributed by atoms with van der Waals surface area (Å²) in [5.74, 6) is -0.809. The molecule has 0 spiro atoms. The van der Waals surface area contributed by atoms with Crippen molar-refractivity contribution in [3.63, 3.8) is 0 Å². The van der Waals surface area contributed by atoms with Crippen molar-refractivity contribution in [2.24, 2.45) is 0 Å². The molecule has 1 aliphatic heterocycles. The highest BCUT2D eigenvalue weighted by Crippen LogP contribution is 2.14. The fourth-order valence-electron chi connectivity index (χ4n) is 1.84. The van der Waals surface area contributed by atoms with Gasteiger partial charge in [0.2, 0.25) is 5.91 Å². The minimum Gasteiger partial charge on any atom is -0.480 e. The highest BCUT2D eigenvalue weighted by Gasteiger charge is 2.23. The number of piperidine rings is 1. The fraction of sp³-hybridized carbons (Fsp3) is 0.667. The molecule has 0 radical (unpaired) electrons. The van der Waals surface area contributed by atoms with Crippen LogP contribution in [-0.4, -0.2) is 47.7 Å². The maximum absolute atomic E-state index is 11.7. The number of carboxylic acids is 1. The number of likely N-dealkylation sites (tertiary alicyclic amines) is 1. The molecule has 17 heavy (non-hydrogen) atoms. The fourth-order valence-corrected chi connectivity index (χ4v) is 1.84. The van der Waals surface area contributed by atoms with Crippen molar-refractivity contribution in [1.82, 2.24) is 4.90 Å². The molecule has 1 heterocycles. The Balaban J connectivity index is 2.23. The first-order valence-electron chi connectivity index (χ1n) is 5.85. The summed E-state index contributed by atoms with van der Waals surface area (Å²) < 4.78 is 5.20. The van der Waals surface area contributed by atoms with Crippen LogP contribution in [-0.2, 0) is 14.3 Å². The van der Waals surface area contributed by atoms with Crippen molar-refractivity contribution in [2.75, 3.05) is 19.7 Å². The summed E-state index contributed by atoms with van der Waals surface area (Å²) in [6, 6.07) is 0. The van der Waals surface area contributed by atoms with E-state index in [2.05, 4.69) is 6.58 Å². The third kappa shape index (κ3) is 4.99. The molecule has 0 unspecified atom stereocenters. The topological polar surface area (TPSA) is 66.8 Å². The Morgan fingerprint density at radius 1 is 1.41 bits per heavy atom. The van der Waals surface area contributed by atoms with Gasteiger partial charge in [-0.25, -0.2) is 4.79 Å². The summed E-state index contributed by atoms with van der Waals surface area (Å²) in [6.45, 7) is 4.64. The number of carbonyl (C=O) groups is 2. The van der Waals surface area contributed by atoms with E-state index < -0.39 is 5.97 Å². The number of carbonyl (C=O) groups excluding carboxylic acids is 1. The van der Waals surface area contributed by atoms with Crippen LogP contribution in [0.2, 0.25) is 0 Å². The Labute approximate surface area is 101 Å². The van der Waals surface area contributed by atoms with Crippen LogP contribution in [0, 0.1) is 0 Å². The predicted octanol–water partition coefficient (Wildman–Crippen LogP) is 1.04. The molecule has 1 saturated heterocycles. The lowest BCUT2D eigenvalue weighted by Gasteiger charge is -2.31. The van der Waals surface area contributed by atoms with Gasteiger partial charge in [-0.15, -0.1) is 6.58 Å². The number of ether oxygens (including phenoxy) is 1. The Hall–Kier alpha value is -1.36. The standard InChI is InChI=1S/C12H19NO4/c1-2-3-4-11(14)13-7-5-10(6-8-13)17-9-12(15)16/h2,10H,1,3-9H2,(H,15,16). The molecule has 96 valence electrons. The van der Waals surface area contributed by atoms with Gasteiger partial charge in [0.1, 0.15) is 6.61 Å². The van der Waals surface area contributed by atoms with E-state index in [1.54, 1.807) is 6.08 Å². The SMILES string of the molecule is C=CCCC(=O)N1CCC(OCC(=O)O)CC1. The van der Waals surface area contributed by atoms with Crippen LogP contribution in [0.3, 0.4) is 0 Å². The van der Waals surface area contributed by atoms with Crippen LogP contribution in [0.1, 0.15) is 25.7 Å². The number of hydrogen-bond acceptors (Lipinski definition) is 3. The lowest BCUT2D eigenvalue weighted by atomic mass is 10.1. The van der Waals surface area contributed by atoms with Gasteiger partial charge in [-0.2, -0.15) is 0 Å². The van der Waals surface area contributed by atoms with Crippen LogP contribution in [0.5, 0.6) is 0 Å². The number of amides is 1. The first kappa shape index (κ1) is 13.7. The quantitative estimate of drug-likeness (QED) is 0.706. The smallest absolute Gasteiger partial charge is 0.329 e. The molecular weight excluding hydrogens is 222 g/mol. The van der Waals surface area contributed by atoms with Crippen molar-refractivity contribution in [3.8, 4) is 0 Å². The van der Waals surface area contributed by atoms with E-state index >= 15 is 0 Å². The number of carboxylic acid groups (broad SMARTS) is 1. The lowest BCUT2D eigenvalue weighted by Crippen LogP contribution is -2.41. The summed E-state index contributed by atoms with van der Waals surface area (Å²) in [7, 11) is 0. The first-order chi connectivity index (χ1) is 8.13. The molecule has 0 aromatic carbocycles. The second kappa shape index (κ2) is 7.06. The van der Waals surface area contributed by atoms with Crippen LogP contribution in [0.4, 0.5) is 0 Å². The molecule has 0 saturated carbocycles. The largest absolute Gasteiger partial charge is 0.480 e. The monoisotopic (exact) mass is 241 g/mol. The maximum Gasteiger partial charge on any atom is 0.329 e. The normalized spacial score (nSPS) is 16.8. The van der Waals surface area contributed by atoms with Crippen molar-refractivity contribution in [1.29, 1.82) is 0 Å². The van der Waals surface area contributed by atoms with E-state index in [0.717, 1.165) is 0 Å². The van der Waals surface area contributed by atoms with Gasteiger partial charge in [0.15, 0.2) is 0 Å². The Morgan fingerprint density at radius 3 is 2.59 bits per heavy atom. The maximum atomic E-state index is 11.7. The van der Waals surface area contributed by atoms with Gasteiger partial charge in [0, 0.05) is 19.5 Å². The van der Waals surface area contributed by atoms with Gasteiger partial charge < -0.3 is 14.7 Å². The Bertz CT molecular complexity index is 282. The van der Waals surface area contributed by atoms with Crippen LogP contribution in [0.15, 0.2) is 12.7 Å². The van der Waals surface area contributed by atoms with Gasteiger partial charge >= 0.3 is 5.97 Å². The first-order valence-corrected chi connectivity index (χ1v) is 5.85. The van der Waals surface area contributed by atoms with E-state index in [0.29, 0.717) is 38.8 Å². The molecule has 1 amide bonds. The third-order valence-electron chi connectivity index (χ3n) is 2.80. The number of rotatable bonds is 6. The molecule has 1 N–H and O–H groups in total. The van der Waals surface area contributed by atoms with E-state index in [9.17, 15) is 9.59 Å². The number of allylic oxidation sites excluding steroid dienone is 1. The van der Waals surface area contributed by atoms with Gasteiger partial charge in [-0.1, -0.05) is 6.08 Å². The van der Waals surface area contributed by atoms with Crippen LogP contribution >= 0.6 is 0 Å². The van der Waals surface area contributed by atoms with E-state index in [1.165, 1.54) is 0 Å². The molecule has 0 aromatic rings. The zero-order valence-corrected chi connectivity index (χ0v) is 9.93. The Morgan fingerprint density at radius 2 is 2.06 bits per heavy atom. The summed E-state index contributed by atoms with van der Waals surface area (Å²) >= 11 is 0. The number of aliphatic carboxylic acids is 1. The molecule has 0 bridgehead atoms. The average Bonchev–Trinajstić information content (AvgIpc) is 2.34. The molecule has 0 atom stereocenters. The molecule has 1 rings (SSSR count). The van der Waals surface area contributed by atoms with Gasteiger partial charge in [-0.05, 0) is 19.3 Å². The second-order valence-corrected chi connectivity index (χ2v) is 4.11. The van der Waals surface area contributed by atoms with Crippen molar-refractivity contribution in [3.05, 3.63) is 12.7 Å². The van der Waals surface area contributed by atoms with E-state index in [-0.39, 0.29) is 18.6 Å². The molecule has 5 heteroatoms. The number of nitrogens with zero attached hydrogens (tertiary/aromatic N) is 1. The minimum absolute atomic E-state index is 0.0328. The lowest BCUT2D eigenvalue weighted by molar-refractivity contribution is -0.146. The van der Waals surface area contributed by atoms with Crippen molar-refractivity contribution >= 4 is 11.9 Å². The predicted molar refractivity (Wildman–Crippen MR) is 62.6 cm³/mol. The van der Waals surface area contributed by atoms with Crippen molar-refractivity contribution < 1.29 is 19.4 Å². The van der Waals surface area contributed by atoms with Gasteiger partial charge in [0.25, 0.3) is 0 Å². The molecule has 5 nitrogen and oxygen atoms in total. The highest BCUT2D eigenvalue weighted by molar-refractivity contribution is 5.76. The highest BCUT2D eigenvalue weighted by atomic mass is 16.5. The van der Waals surface area contributed by atoms with Crippen molar-refractivity contribution in [2.45, 2.75) is 31.8 Å². The Kier molecular flexibility index (Phi) is 5.69. The molecule has 1 fully saturated rings. The summed E-state index contributed by atoms with van der Waals surface area (Å²) in [5.41, 5.74) is 0.